The van der Waals surface area contributed by atoms with E-state index in [9.17, 15) is 14.4 Å². The van der Waals surface area contributed by atoms with Gasteiger partial charge in [0.05, 0.1) is 5.39 Å². The monoisotopic (exact) mass is 428 g/mol. The predicted octanol–water partition coefficient (Wildman–Crippen LogP) is 3.23. The van der Waals surface area contributed by atoms with Crippen molar-refractivity contribution in [1.82, 2.24) is 9.78 Å². The highest BCUT2D eigenvalue weighted by molar-refractivity contribution is 6.04. The minimum Gasteiger partial charge on any atom is -0.457 e. The Morgan fingerprint density at radius 1 is 0.969 bits per heavy atom. The highest BCUT2D eigenvalue weighted by Gasteiger charge is 2.16. The number of rotatable bonds is 6. The summed E-state index contributed by atoms with van der Waals surface area (Å²) in [5.74, 6) is 0.0816. The second kappa shape index (κ2) is 8.73. The fraction of sp³-hybridized carbons (Fsp3) is 0.0833. The van der Waals surface area contributed by atoms with Crippen molar-refractivity contribution in [1.29, 1.82) is 0 Å². The summed E-state index contributed by atoms with van der Waals surface area (Å²) in [7, 11) is 0. The van der Waals surface area contributed by atoms with Gasteiger partial charge in [-0.1, -0.05) is 30.3 Å². The van der Waals surface area contributed by atoms with Crippen molar-refractivity contribution in [3.63, 3.8) is 0 Å². The molecular formula is C24H20N4O4. The molecule has 0 saturated heterocycles. The summed E-state index contributed by atoms with van der Waals surface area (Å²) in [4.78, 5) is 37.0. The molecule has 0 aliphatic carbocycles. The van der Waals surface area contributed by atoms with Gasteiger partial charge >= 0.3 is 0 Å². The van der Waals surface area contributed by atoms with Crippen molar-refractivity contribution in [2.75, 3.05) is 5.32 Å². The van der Waals surface area contributed by atoms with Gasteiger partial charge in [0.2, 0.25) is 5.91 Å². The molecule has 32 heavy (non-hydrogen) atoms. The van der Waals surface area contributed by atoms with E-state index in [2.05, 4.69) is 10.4 Å². The van der Waals surface area contributed by atoms with E-state index < -0.39 is 17.4 Å². The van der Waals surface area contributed by atoms with E-state index in [1.165, 1.54) is 0 Å². The first kappa shape index (κ1) is 20.8. The van der Waals surface area contributed by atoms with Crippen molar-refractivity contribution < 1.29 is 14.3 Å². The van der Waals surface area contributed by atoms with Gasteiger partial charge < -0.3 is 15.8 Å². The van der Waals surface area contributed by atoms with Crippen molar-refractivity contribution in [2.24, 2.45) is 5.73 Å². The summed E-state index contributed by atoms with van der Waals surface area (Å²) in [6.45, 7) is 1.61. The maximum absolute atomic E-state index is 12.7. The average Bonchev–Trinajstić information content (AvgIpc) is 2.77. The van der Waals surface area contributed by atoms with Crippen LogP contribution in [0.5, 0.6) is 11.5 Å². The van der Waals surface area contributed by atoms with Crippen LogP contribution in [-0.4, -0.2) is 21.6 Å². The molecule has 3 N–H and O–H groups in total. The van der Waals surface area contributed by atoms with Crippen LogP contribution in [-0.2, 0) is 11.3 Å². The number of aromatic nitrogens is 2. The van der Waals surface area contributed by atoms with Gasteiger partial charge in [0.25, 0.3) is 11.5 Å². The van der Waals surface area contributed by atoms with E-state index >= 15 is 0 Å². The Hall–Kier alpha value is -4.46. The van der Waals surface area contributed by atoms with E-state index in [1.54, 1.807) is 48.5 Å². The number of amides is 2. The summed E-state index contributed by atoms with van der Waals surface area (Å²) in [5.41, 5.74) is 6.46. The number of fused-ring (bicyclic) bond motifs is 1. The Labute approximate surface area is 183 Å². The highest BCUT2D eigenvalue weighted by Crippen LogP contribution is 2.23. The summed E-state index contributed by atoms with van der Waals surface area (Å²) < 4.78 is 6.73. The van der Waals surface area contributed by atoms with Crippen LogP contribution in [0.1, 0.15) is 16.1 Å². The zero-order chi connectivity index (χ0) is 22.7. The number of carbonyl (C=O) groups excluding carboxylic acids is 2. The smallest absolute Gasteiger partial charge is 0.275 e. The topological polar surface area (TPSA) is 116 Å². The van der Waals surface area contributed by atoms with Crippen molar-refractivity contribution >= 4 is 28.3 Å². The molecule has 0 saturated carbocycles. The number of primary amides is 1. The second-order valence-electron chi connectivity index (χ2n) is 7.21. The molecular weight excluding hydrogens is 408 g/mol. The van der Waals surface area contributed by atoms with E-state index in [4.69, 9.17) is 10.5 Å². The quantitative estimate of drug-likeness (QED) is 0.489. The molecule has 160 valence electrons. The molecule has 0 spiro atoms. The van der Waals surface area contributed by atoms with Gasteiger partial charge in [-0.2, -0.15) is 5.10 Å². The number of nitrogens with zero attached hydrogens (tertiary/aromatic N) is 2. The number of benzene rings is 3. The van der Waals surface area contributed by atoms with Crippen LogP contribution in [0, 0.1) is 6.92 Å². The maximum Gasteiger partial charge on any atom is 0.275 e. The number of nitrogens with one attached hydrogen (secondary N) is 1. The molecule has 1 heterocycles. The molecule has 3 aromatic carbocycles. The lowest BCUT2D eigenvalue weighted by Crippen LogP contribution is -2.32. The van der Waals surface area contributed by atoms with Crippen LogP contribution in [0.3, 0.4) is 0 Å². The van der Waals surface area contributed by atoms with E-state index in [0.717, 1.165) is 10.2 Å². The van der Waals surface area contributed by atoms with Crippen LogP contribution < -0.4 is 21.3 Å². The van der Waals surface area contributed by atoms with Gasteiger partial charge in [-0.05, 0) is 55.0 Å². The maximum atomic E-state index is 12.7. The fourth-order valence-electron chi connectivity index (χ4n) is 3.28. The molecule has 0 aliphatic rings. The minimum atomic E-state index is -0.778. The third-order valence-corrected chi connectivity index (χ3v) is 4.76. The molecule has 0 unspecified atom stereocenters. The molecule has 2 amide bonds. The van der Waals surface area contributed by atoms with Crippen molar-refractivity contribution in [2.45, 2.75) is 13.5 Å². The zero-order valence-corrected chi connectivity index (χ0v) is 17.2. The van der Waals surface area contributed by atoms with Crippen molar-refractivity contribution in [3.05, 3.63) is 94.4 Å². The Kier molecular flexibility index (Phi) is 5.67. The number of anilines is 1. The molecule has 4 aromatic rings. The molecule has 0 bridgehead atoms. The molecule has 0 radical (unpaired) electrons. The van der Waals surface area contributed by atoms with Gasteiger partial charge in [-0.25, -0.2) is 4.68 Å². The first-order chi connectivity index (χ1) is 15.4. The van der Waals surface area contributed by atoms with Crippen LogP contribution in [0.25, 0.3) is 10.8 Å². The fourth-order valence-corrected chi connectivity index (χ4v) is 3.28. The van der Waals surface area contributed by atoms with Crippen molar-refractivity contribution in [3.8, 4) is 11.5 Å². The number of nitrogens with two attached hydrogens (primary N) is 1. The predicted molar refractivity (Wildman–Crippen MR) is 121 cm³/mol. The molecule has 1 aromatic heterocycles. The molecule has 4 rings (SSSR count). The molecule has 0 fully saturated rings. The summed E-state index contributed by atoms with van der Waals surface area (Å²) >= 11 is 0. The molecule has 0 atom stereocenters. The number of carbonyl (C=O) groups is 2. The highest BCUT2D eigenvalue weighted by atomic mass is 16.5. The lowest BCUT2D eigenvalue weighted by atomic mass is 10.1. The average molecular weight is 428 g/mol. The lowest BCUT2D eigenvalue weighted by molar-refractivity contribution is -0.117. The second-order valence-corrected chi connectivity index (χ2v) is 7.21. The Morgan fingerprint density at radius 2 is 1.69 bits per heavy atom. The van der Waals surface area contributed by atoms with Gasteiger partial charge in [-0.15, -0.1) is 0 Å². The number of hydrogen-bond acceptors (Lipinski definition) is 5. The van der Waals surface area contributed by atoms with E-state index in [1.807, 2.05) is 31.2 Å². The summed E-state index contributed by atoms with van der Waals surface area (Å²) in [6.07, 6.45) is 0. The van der Waals surface area contributed by atoms with Crippen LogP contribution >= 0.6 is 0 Å². The Bertz CT molecular complexity index is 1380. The third-order valence-electron chi connectivity index (χ3n) is 4.76. The first-order valence-electron chi connectivity index (χ1n) is 9.85. The number of aryl methyl sites for hydroxylation is 1. The minimum absolute atomic E-state index is 0.0642. The third kappa shape index (κ3) is 4.49. The van der Waals surface area contributed by atoms with Gasteiger partial charge in [0.15, 0.2) is 5.69 Å². The lowest BCUT2D eigenvalue weighted by Gasteiger charge is -2.11. The standard InChI is InChI=1S/C24H20N4O4/c1-15-5-4-6-18(13-15)32-17-11-9-16(10-12-17)26-21(29)14-28-24(31)20-8-3-2-7-19(20)22(27-28)23(25)30/h2-13H,14H2,1H3,(H2,25,30)(H,26,29). The molecule has 8 heteroatoms. The van der Waals surface area contributed by atoms with E-state index in [0.29, 0.717) is 22.6 Å². The summed E-state index contributed by atoms with van der Waals surface area (Å²) in [6, 6.07) is 21.0. The van der Waals surface area contributed by atoms with Gasteiger partial charge in [-0.3, -0.25) is 14.4 Å². The van der Waals surface area contributed by atoms with Crippen LogP contribution in [0.2, 0.25) is 0 Å². The normalized spacial score (nSPS) is 10.7. The largest absolute Gasteiger partial charge is 0.457 e. The molecule has 8 nitrogen and oxygen atoms in total. The van der Waals surface area contributed by atoms with Gasteiger partial charge in [0, 0.05) is 11.1 Å². The Morgan fingerprint density at radius 3 is 2.38 bits per heavy atom. The zero-order valence-electron chi connectivity index (χ0n) is 17.2. The first-order valence-corrected chi connectivity index (χ1v) is 9.85. The number of hydrogen-bond donors (Lipinski definition) is 2. The van der Waals surface area contributed by atoms with Crippen LogP contribution in [0.15, 0.2) is 77.6 Å². The Balaban J connectivity index is 1.49. The van der Waals surface area contributed by atoms with E-state index in [-0.39, 0.29) is 17.6 Å². The van der Waals surface area contributed by atoms with Crippen LogP contribution in [0.4, 0.5) is 5.69 Å². The van der Waals surface area contributed by atoms with Gasteiger partial charge in [0.1, 0.15) is 18.0 Å². The number of ether oxygens (including phenoxy) is 1. The SMILES string of the molecule is Cc1cccc(Oc2ccc(NC(=O)Cn3nc(C(N)=O)c4ccccc4c3=O)cc2)c1. The molecule has 0 aliphatic heterocycles. The summed E-state index contributed by atoms with van der Waals surface area (Å²) in [5, 5.41) is 7.32.